The smallest absolute Gasteiger partial charge is 0.119 e. The molecule has 0 fully saturated rings. The molecule has 0 N–H and O–H groups in total. The Morgan fingerprint density at radius 1 is 0.767 bits per heavy atom. The van der Waals surface area contributed by atoms with Gasteiger partial charge in [-0.25, -0.2) is 0 Å². The summed E-state index contributed by atoms with van der Waals surface area (Å²) in [6.07, 6.45) is 9.24. The van der Waals surface area contributed by atoms with Gasteiger partial charge in [0.2, 0.25) is 0 Å². The van der Waals surface area contributed by atoms with Crippen molar-refractivity contribution in [2.24, 2.45) is 0 Å². The third-order valence-corrected chi connectivity index (χ3v) is 5.86. The summed E-state index contributed by atoms with van der Waals surface area (Å²) in [6, 6.07) is 21.3. The third kappa shape index (κ3) is 9.77. The lowest BCUT2D eigenvalue weighted by Gasteiger charge is -2.38. The van der Waals surface area contributed by atoms with Crippen LogP contribution in [0.4, 0.5) is 0 Å². The Morgan fingerprint density at radius 2 is 1.40 bits per heavy atom. The minimum Gasteiger partial charge on any atom is -0.491 e. The highest BCUT2D eigenvalue weighted by molar-refractivity contribution is 5.20. The van der Waals surface area contributed by atoms with E-state index in [1.807, 2.05) is 30.3 Å². The summed E-state index contributed by atoms with van der Waals surface area (Å²) in [7, 11) is 4.69. The summed E-state index contributed by atoms with van der Waals surface area (Å²) >= 11 is 0. The molecule has 1 atom stereocenters. The molecule has 3 nitrogen and oxygen atoms in total. The molecule has 30 heavy (non-hydrogen) atoms. The first-order valence-electron chi connectivity index (χ1n) is 11.7. The van der Waals surface area contributed by atoms with E-state index in [2.05, 4.69) is 51.4 Å². The third-order valence-electron chi connectivity index (χ3n) is 5.86. The summed E-state index contributed by atoms with van der Waals surface area (Å²) in [5.74, 6) is 0.907. The van der Waals surface area contributed by atoms with Crippen molar-refractivity contribution >= 4 is 0 Å². The molecule has 0 bridgehead atoms. The fourth-order valence-corrected chi connectivity index (χ4v) is 3.93. The van der Waals surface area contributed by atoms with Gasteiger partial charge in [0.25, 0.3) is 0 Å². The maximum Gasteiger partial charge on any atom is 0.119 e. The number of benzene rings is 2. The van der Waals surface area contributed by atoms with Gasteiger partial charge in [0, 0.05) is 12.0 Å². The second-order valence-electron chi connectivity index (χ2n) is 8.87. The lowest BCUT2D eigenvalue weighted by molar-refractivity contribution is -0.928. The van der Waals surface area contributed by atoms with E-state index in [0.29, 0.717) is 19.3 Å². The zero-order valence-electron chi connectivity index (χ0n) is 19.4. The van der Waals surface area contributed by atoms with E-state index in [-0.39, 0.29) is 0 Å². The molecular formula is C27H42NO2+. The van der Waals surface area contributed by atoms with E-state index in [9.17, 15) is 0 Å². The molecule has 2 aromatic rings. The molecule has 0 spiro atoms. The predicted octanol–water partition coefficient (Wildman–Crippen LogP) is 6.48. The topological polar surface area (TPSA) is 18.5 Å². The molecule has 2 rings (SSSR count). The molecule has 0 aliphatic carbocycles. The van der Waals surface area contributed by atoms with Crippen LogP contribution < -0.4 is 4.74 Å². The average molecular weight is 413 g/mol. The van der Waals surface area contributed by atoms with Gasteiger partial charge in [-0.2, -0.15) is 0 Å². The first-order chi connectivity index (χ1) is 14.6. The number of nitrogens with zero attached hydrogens (tertiary/aromatic N) is 1. The molecule has 1 unspecified atom stereocenters. The number of quaternary nitrogens is 1. The summed E-state index contributed by atoms with van der Waals surface area (Å²) in [5.41, 5.74) is 1.39. The van der Waals surface area contributed by atoms with Gasteiger partial charge in [-0.3, -0.25) is 0 Å². The second kappa shape index (κ2) is 14.2. The Labute approximate surface area is 184 Å². The van der Waals surface area contributed by atoms with E-state index in [4.69, 9.17) is 9.47 Å². The van der Waals surface area contributed by atoms with Crippen molar-refractivity contribution in [3.63, 3.8) is 0 Å². The van der Waals surface area contributed by atoms with Crippen LogP contribution in [0.2, 0.25) is 0 Å². The molecule has 166 valence electrons. The van der Waals surface area contributed by atoms with Gasteiger partial charge < -0.3 is 14.0 Å². The van der Waals surface area contributed by atoms with E-state index in [0.717, 1.165) is 23.4 Å². The van der Waals surface area contributed by atoms with Crippen molar-refractivity contribution in [1.29, 1.82) is 0 Å². The van der Waals surface area contributed by atoms with Crippen LogP contribution in [0.5, 0.6) is 5.75 Å². The van der Waals surface area contributed by atoms with Crippen molar-refractivity contribution in [1.82, 2.24) is 0 Å². The molecule has 0 saturated heterocycles. The average Bonchev–Trinajstić information content (AvgIpc) is 2.75. The summed E-state index contributed by atoms with van der Waals surface area (Å²) < 4.78 is 12.8. The van der Waals surface area contributed by atoms with Crippen LogP contribution in [0.25, 0.3) is 0 Å². The van der Waals surface area contributed by atoms with E-state index < -0.39 is 0 Å². The van der Waals surface area contributed by atoms with E-state index >= 15 is 0 Å². The van der Waals surface area contributed by atoms with Crippen LogP contribution >= 0.6 is 0 Å². The molecule has 0 aromatic heterocycles. The highest BCUT2D eigenvalue weighted by atomic mass is 16.5. The van der Waals surface area contributed by atoms with Gasteiger partial charge in [-0.15, -0.1) is 0 Å². The zero-order chi connectivity index (χ0) is 21.5. The molecule has 0 aliphatic heterocycles. The Hall–Kier alpha value is -1.84. The summed E-state index contributed by atoms with van der Waals surface area (Å²) in [6.45, 7) is 5.32. The number of hydrogen-bond donors (Lipinski definition) is 0. The van der Waals surface area contributed by atoms with Crippen molar-refractivity contribution in [2.75, 3.05) is 33.9 Å². The predicted molar refractivity (Wildman–Crippen MR) is 127 cm³/mol. The largest absolute Gasteiger partial charge is 0.491 e. The van der Waals surface area contributed by atoms with Crippen LogP contribution in [0.1, 0.15) is 57.4 Å². The fourth-order valence-electron chi connectivity index (χ4n) is 3.93. The maximum absolute atomic E-state index is 6.10. The number of rotatable bonds is 16. The highest BCUT2D eigenvalue weighted by Gasteiger charge is 2.28. The number of ether oxygens (including phenoxy) is 2. The normalized spacial score (nSPS) is 12.6. The lowest BCUT2D eigenvalue weighted by atomic mass is 10.0. The van der Waals surface area contributed by atoms with Gasteiger partial charge in [-0.1, -0.05) is 87.6 Å². The Kier molecular flexibility index (Phi) is 11.6. The molecule has 0 heterocycles. The fraction of sp³-hybridized carbons (Fsp3) is 0.556. The standard InChI is InChI=1S/C27H42NO2/c1-4-5-6-7-8-13-18-26(28(2,3)23-25-16-11-9-12-17-25)24-29-21-22-30-27-19-14-10-15-20-27/h9-12,14-17,19-20,26H,4-8,13,18,21-24H2,1-3H3/q+1. The number of hydrogen-bond acceptors (Lipinski definition) is 2. The molecular weight excluding hydrogens is 370 g/mol. The van der Waals surface area contributed by atoms with Crippen molar-refractivity contribution in [3.8, 4) is 5.75 Å². The minimum absolute atomic E-state index is 0.494. The Bertz CT molecular complexity index is 657. The van der Waals surface area contributed by atoms with E-state index in [1.165, 1.54) is 50.5 Å². The van der Waals surface area contributed by atoms with Crippen molar-refractivity contribution < 1.29 is 14.0 Å². The number of unbranched alkanes of at least 4 members (excludes halogenated alkanes) is 5. The lowest BCUT2D eigenvalue weighted by Crippen LogP contribution is -2.50. The van der Waals surface area contributed by atoms with Crippen LogP contribution in [-0.4, -0.2) is 44.4 Å². The first-order valence-corrected chi connectivity index (χ1v) is 11.7. The zero-order valence-corrected chi connectivity index (χ0v) is 19.4. The number of para-hydroxylation sites is 1. The Morgan fingerprint density at radius 3 is 2.10 bits per heavy atom. The molecule has 0 saturated carbocycles. The monoisotopic (exact) mass is 412 g/mol. The molecule has 0 radical (unpaired) electrons. The first kappa shape index (κ1) is 24.4. The van der Waals surface area contributed by atoms with Gasteiger partial charge in [0.1, 0.15) is 24.9 Å². The maximum atomic E-state index is 6.10. The van der Waals surface area contributed by atoms with Crippen molar-refractivity contribution in [2.45, 2.75) is 64.5 Å². The summed E-state index contributed by atoms with van der Waals surface area (Å²) in [5, 5.41) is 0. The molecule has 0 aliphatic rings. The highest BCUT2D eigenvalue weighted by Crippen LogP contribution is 2.20. The van der Waals surface area contributed by atoms with Crippen LogP contribution in [0.15, 0.2) is 60.7 Å². The molecule has 0 amide bonds. The molecule has 3 heteroatoms. The van der Waals surface area contributed by atoms with Crippen LogP contribution in [0, 0.1) is 0 Å². The second-order valence-corrected chi connectivity index (χ2v) is 8.87. The van der Waals surface area contributed by atoms with Gasteiger partial charge >= 0.3 is 0 Å². The molecule has 2 aromatic carbocycles. The quantitative estimate of drug-likeness (QED) is 0.232. The van der Waals surface area contributed by atoms with E-state index in [1.54, 1.807) is 0 Å². The van der Waals surface area contributed by atoms with Gasteiger partial charge in [0.05, 0.1) is 27.3 Å². The van der Waals surface area contributed by atoms with Crippen LogP contribution in [0.3, 0.4) is 0 Å². The minimum atomic E-state index is 0.494. The Balaban J connectivity index is 1.81. The van der Waals surface area contributed by atoms with Crippen molar-refractivity contribution in [3.05, 3.63) is 66.2 Å². The summed E-state index contributed by atoms with van der Waals surface area (Å²) in [4.78, 5) is 0. The van der Waals surface area contributed by atoms with Gasteiger partial charge in [-0.05, 0) is 18.6 Å². The van der Waals surface area contributed by atoms with Gasteiger partial charge in [0.15, 0.2) is 0 Å². The SMILES string of the molecule is CCCCCCCCC(COCCOc1ccccc1)[N+](C)(C)Cc1ccccc1. The number of likely N-dealkylation sites (N-methyl/N-ethyl adjacent to an activating group) is 1. The van der Waals surface area contributed by atoms with Crippen LogP contribution in [-0.2, 0) is 11.3 Å².